The van der Waals surface area contributed by atoms with E-state index in [1.54, 1.807) is 30.6 Å². The second-order valence-electron chi connectivity index (χ2n) is 9.86. The van der Waals surface area contributed by atoms with Crippen LogP contribution in [0.2, 0.25) is 0 Å². The van der Waals surface area contributed by atoms with Gasteiger partial charge in [-0.05, 0) is 73.0 Å². The van der Waals surface area contributed by atoms with Crippen molar-refractivity contribution in [1.82, 2.24) is 19.9 Å². The van der Waals surface area contributed by atoms with Crippen LogP contribution in [0.1, 0.15) is 34.8 Å². The van der Waals surface area contributed by atoms with Crippen molar-refractivity contribution in [3.63, 3.8) is 0 Å². The number of aromatic nitrogens is 3. The molecule has 0 aliphatic rings. The largest absolute Gasteiger partial charge is 0.457 e. The van der Waals surface area contributed by atoms with Crippen LogP contribution in [0.4, 0.5) is 0 Å². The zero-order valence-electron chi connectivity index (χ0n) is 23.4. The fraction of sp³-hybridized carbons (Fsp3) is 0.156. The van der Waals surface area contributed by atoms with E-state index in [2.05, 4.69) is 15.3 Å². The summed E-state index contributed by atoms with van der Waals surface area (Å²) in [6, 6.07) is 25.0. The molecular weight excluding hydrogens is 544 g/mol. The molecule has 11 heteroatoms. The predicted molar refractivity (Wildman–Crippen MR) is 165 cm³/mol. The molecule has 3 aromatic carbocycles. The molecule has 0 bridgehead atoms. The molecule has 43 heavy (non-hydrogen) atoms. The van der Waals surface area contributed by atoms with Gasteiger partial charge in [0.2, 0.25) is 5.91 Å². The topological polar surface area (TPSA) is 177 Å². The minimum Gasteiger partial charge on any atom is -0.457 e. The first-order valence-corrected chi connectivity index (χ1v) is 13.8. The molecule has 2 amide bonds. The van der Waals surface area contributed by atoms with Gasteiger partial charge in [0.05, 0.1) is 11.0 Å². The third-order valence-electron chi connectivity index (χ3n) is 6.80. The Kier molecular flexibility index (Phi) is 8.91. The number of carbonyl (C=O) groups is 2. The van der Waals surface area contributed by atoms with Crippen LogP contribution in [0.5, 0.6) is 11.5 Å². The minimum atomic E-state index is -0.751. The Morgan fingerprint density at radius 3 is 2.42 bits per heavy atom. The highest BCUT2D eigenvalue weighted by Gasteiger charge is 2.25. The molecule has 0 saturated carbocycles. The summed E-state index contributed by atoms with van der Waals surface area (Å²) in [7, 11) is 0. The molecule has 5 aromatic rings. The number of ether oxygens (including phenoxy) is 1. The number of benzene rings is 3. The van der Waals surface area contributed by atoms with Gasteiger partial charge in [0.1, 0.15) is 23.4 Å². The maximum absolute atomic E-state index is 13.0. The average Bonchev–Trinajstić information content (AvgIpc) is 3.39. The van der Waals surface area contributed by atoms with Crippen molar-refractivity contribution in [3.8, 4) is 22.9 Å². The number of aliphatic imine (C=N–C) groups is 1. The molecule has 0 spiro atoms. The highest BCUT2D eigenvalue weighted by Crippen LogP contribution is 2.33. The van der Waals surface area contributed by atoms with Crippen molar-refractivity contribution >= 4 is 28.8 Å². The molecular formula is C32H32N8O3. The van der Waals surface area contributed by atoms with Crippen LogP contribution >= 0.6 is 0 Å². The zero-order chi connectivity index (χ0) is 30.2. The number of carbonyl (C=O) groups excluding carboxylic acids is 2. The standard InChI is InChI=1S/C32H32N8O3/c33-29(41)28(10-5-15-37-32(34)35)40-27-12-11-23(31(42)38-20-21-13-16-36-17-14-21)19-26(27)39-30(40)22-6-4-9-25(18-22)43-24-7-2-1-3-8-24/h1-4,6-9,11-14,16-19,28H,5,10,15,20H2,(H2,33,41)(H,38,42)(H4,34,35,37)/t28-/m1/s1. The van der Waals surface area contributed by atoms with E-state index in [0.29, 0.717) is 65.4 Å². The van der Waals surface area contributed by atoms with Crippen LogP contribution < -0.4 is 27.3 Å². The van der Waals surface area contributed by atoms with E-state index in [9.17, 15) is 9.59 Å². The molecule has 2 aromatic heterocycles. The molecule has 0 aliphatic carbocycles. The Hall–Kier alpha value is -5.71. The van der Waals surface area contributed by atoms with Gasteiger partial charge < -0.3 is 31.8 Å². The van der Waals surface area contributed by atoms with Crippen molar-refractivity contribution in [3.05, 3.63) is 108 Å². The number of guanidine groups is 1. The van der Waals surface area contributed by atoms with Crippen LogP contribution in [-0.4, -0.2) is 38.9 Å². The van der Waals surface area contributed by atoms with E-state index in [1.165, 1.54) is 0 Å². The molecule has 0 unspecified atom stereocenters. The minimum absolute atomic E-state index is 0.0191. The molecule has 5 rings (SSSR count). The second-order valence-corrected chi connectivity index (χ2v) is 9.86. The van der Waals surface area contributed by atoms with E-state index in [-0.39, 0.29) is 11.9 Å². The SMILES string of the molecule is NC(=O)[C@@H](CCCN=C(N)N)n1c(-c2cccc(Oc3ccccc3)c2)nc2cc(C(=O)NCc3ccncc3)ccc21. The summed E-state index contributed by atoms with van der Waals surface area (Å²) in [5.74, 6) is 0.993. The van der Waals surface area contributed by atoms with E-state index >= 15 is 0 Å². The van der Waals surface area contributed by atoms with Crippen molar-refractivity contribution in [2.45, 2.75) is 25.4 Å². The number of pyridine rings is 1. The highest BCUT2D eigenvalue weighted by molar-refractivity contribution is 5.98. The Balaban J connectivity index is 1.52. The first-order chi connectivity index (χ1) is 20.9. The molecule has 0 radical (unpaired) electrons. The number of hydrogen-bond acceptors (Lipinski definition) is 6. The van der Waals surface area contributed by atoms with Gasteiger partial charge in [0, 0.05) is 36.6 Å². The van der Waals surface area contributed by atoms with Crippen LogP contribution in [0.15, 0.2) is 102 Å². The van der Waals surface area contributed by atoms with Crippen LogP contribution in [0, 0.1) is 0 Å². The van der Waals surface area contributed by atoms with Gasteiger partial charge in [-0.1, -0.05) is 30.3 Å². The Morgan fingerprint density at radius 1 is 0.907 bits per heavy atom. The van der Waals surface area contributed by atoms with Gasteiger partial charge in [0.25, 0.3) is 5.91 Å². The van der Waals surface area contributed by atoms with Crippen molar-refractivity contribution in [2.75, 3.05) is 6.54 Å². The number of nitrogens with one attached hydrogen (secondary N) is 1. The van der Waals surface area contributed by atoms with Gasteiger partial charge in [-0.25, -0.2) is 4.98 Å². The van der Waals surface area contributed by atoms with E-state index in [4.69, 9.17) is 26.9 Å². The summed E-state index contributed by atoms with van der Waals surface area (Å²) in [5.41, 5.74) is 20.2. The summed E-state index contributed by atoms with van der Waals surface area (Å²) in [6.07, 6.45) is 4.23. The van der Waals surface area contributed by atoms with Crippen LogP contribution in [0.3, 0.4) is 0 Å². The number of hydrogen-bond donors (Lipinski definition) is 4. The van der Waals surface area contributed by atoms with Gasteiger partial charge in [0.15, 0.2) is 5.96 Å². The maximum atomic E-state index is 13.0. The Bertz CT molecular complexity index is 1750. The number of rotatable bonds is 12. The summed E-state index contributed by atoms with van der Waals surface area (Å²) < 4.78 is 7.87. The number of primary amides is 1. The van der Waals surface area contributed by atoms with Crippen LogP contribution in [0.25, 0.3) is 22.4 Å². The summed E-state index contributed by atoms with van der Waals surface area (Å²) >= 11 is 0. The lowest BCUT2D eigenvalue weighted by atomic mass is 10.1. The number of amides is 2. The molecule has 2 heterocycles. The Labute approximate surface area is 248 Å². The zero-order valence-corrected chi connectivity index (χ0v) is 23.4. The predicted octanol–water partition coefficient (Wildman–Crippen LogP) is 3.90. The quantitative estimate of drug-likeness (QED) is 0.0988. The smallest absolute Gasteiger partial charge is 0.251 e. The lowest BCUT2D eigenvalue weighted by Gasteiger charge is -2.19. The normalized spacial score (nSPS) is 11.5. The third-order valence-corrected chi connectivity index (χ3v) is 6.80. The van der Waals surface area contributed by atoms with Crippen molar-refractivity contribution in [1.29, 1.82) is 0 Å². The summed E-state index contributed by atoms with van der Waals surface area (Å²) in [5, 5.41) is 2.92. The van der Waals surface area contributed by atoms with E-state index in [0.717, 1.165) is 5.56 Å². The Morgan fingerprint density at radius 2 is 1.67 bits per heavy atom. The maximum Gasteiger partial charge on any atom is 0.251 e. The molecule has 218 valence electrons. The van der Waals surface area contributed by atoms with E-state index in [1.807, 2.05) is 71.3 Å². The third kappa shape index (κ3) is 7.14. The van der Waals surface area contributed by atoms with Crippen molar-refractivity contribution < 1.29 is 14.3 Å². The lowest BCUT2D eigenvalue weighted by Crippen LogP contribution is -2.27. The number of para-hydroxylation sites is 1. The number of fused-ring (bicyclic) bond motifs is 1. The molecule has 1 atom stereocenters. The van der Waals surface area contributed by atoms with Gasteiger partial charge in [-0.15, -0.1) is 0 Å². The number of imidazole rings is 1. The fourth-order valence-corrected chi connectivity index (χ4v) is 4.76. The van der Waals surface area contributed by atoms with Crippen molar-refractivity contribution in [2.24, 2.45) is 22.2 Å². The molecule has 7 N–H and O–H groups in total. The molecule has 11 nitrogen and oxygen atoms in total. The number of nitrogens with two attached hydrogens (primary N) is 3. The van der Waals surface area contributed by atoms with Gasteiger partial charge in [-0.3, -0.25) is 19.6 Å². The monoisotopic (exact) mass is 576 g/mol. The average molecular weight is 577 g/mol. The second kappa shape index (κ2) is 13.3. The highest BCUT2D eigenvalue weighted by atomic mass is 16.5. The summed E-state index contributed by atoms with van der Waals surface area (Å²) in [4.78, 5) is 38.8. The van der Waals surface area contributed by atoms with Gasteiger partial charge >= 0.3 is 0 Å². The number of nitrogens with zero attached hydrogens (tertiary/aromatic N) is 4. The summed E-state index contributed by atoms with van der Waals surface area (Å²) in [6.45, 7) is 0.698. The van der Waals surface area contributed by atoms with Crippen LogP contribution in [-0.2, 0) is 11.3 Å². The fourth-order valence-electron chi connectivity index (χ4n) is 4.76. The molecule has 0 fully saturated rings. The molecule has 0 aliphatic heterocycles. The van der Waals surface area contributed by atoms with Gasteiger partial charge in [-0.2, -0.15) is 0 Å². The van der Waals surface area contributed by atoms with E-state index < -0.39 is 11.9 Å². The first-order valence-electron chi connectivity index (χ1n) is 13.8. The lowest BCUT2D eigenvalue weighted by molar-refractivity contribution is -0.121. The molecule has 0 saturated heterocycles. The first kappa shape index (κ1) is 28.8.